The van der Waals surface area contributed by atoms with Gasteiger partial charge in [-0.2, -0.15) is 0 Å². The van der Waals surface area contributed by atoms with E-state index in [0.717, 1.165) is 30.3 Å². The van der Waals surface area contributed by atoms with Crippen molar-refractivity contribution in [2.45, 2.75) is 20.8 Å². The summed E-state index contributed by atoms with van der Waals surface area (Å²) in [6.07, 6.45) is 0. The standard InChI is InChI=1S/C13H18FN/c1-9(2)11-7-15(8-11)13-10(3)5-4-6-12(13)14/h4-6,9,11H,7-8H2,1-3H3. The molecule has 1 saturated heterocycles. The number of halogens is 1. The van der Waals surface area contributed by atoms with Gasteiger partial charge in [-0.3, -0.25) is 0 Å². The van der Waals surface area contributed by atoms with Gasteiger partial charge in [0.15, 0.2) is 0 Å². The van der Waals surface area contributed by atoms with E-state index in [4.69, 9.17) is 0 Å². The van der Waals surface area contributed by atoms with Crippen molar-refractivity contribution < 1.29 is 4.39 Å². The molecule has 1 aliphatic rings. The van der Waals surface area contributed by atoms with Gasteiger partial charge in [0.05, 0.1) is 5.69 Å². The molecule has 0 radical (unpaired) electrons. The molecular weight excluding hydrogens is 189 g/mol. The molecule has 1 heterocycles. The van der Waals surface area contributed by atoms with Crippen LogP contribution >= 0.6 is 0 Å². The molecule has 0 bridgehead atoms. The van der Waals surface area contributed by atoms with E-state index in [9.17, 15) is 4.39 Å². The Morgan fingerprint density at radius 2 is 2.00 bits per heavy atom. The lowest BCUT2D eigenvalue weighted by Crippen LogP contribution is -2.49. The second kappa shape index (κ2) is 3.84. The Morgan fingerprint density at radius 1 is 1.33 bits per heavy atom. The van der Waals surface area contributed by atoms with E-state index in [0.29, 0.717) is 5.92 Å². The molecular formula is C13H18FN. The number of aryl methyl sites for hydroxylation is 1. The number of para-hydroxylation sites is 1. The molecule has 0 N–H and O–H groups in total. The molecule has 0 atom stereocenters. The summed E-state index contributed by atoms with van der Waals surface area (Å²) in [4.78, 5) is 2.15. The first kappa shape index (κ1) is 10.5. The fourth-order valence-corrected chi connectivity index (χ4v) is 2.14. The number of hydrogen-bond acceptors (Lipinski definition) is 1. The number of rotatable bonds is 2. The van der Waals surface area contributed by atoms with E-state index in [2.05, 4.69) is 18.7 Å². The minimum absolute atomic E-state index is 0.0859. The molecule has 1 aromatic carbocycles. The zero-order chi connectivity index (χ0) is 11.0. The average molecular weight is 207 g/mol. The molecule has 0 aliphatic carbocycles. The highest BCUT2D eigenvalue weighted by atomic mass is 19.1. The molecule has 0 unspecified atom stereocenters. The van der Waals surface area contributed by atoms with Gasteiger partial charge in [0.25, 0.3) is 0 Å². The van der Waals surface area contributed by atoms with Crippen molar-refractivity contribution in [1.82, 2.24) is 0 Å². The maximum atomic E-state index is 13.6. The van der Waals surface area contributed by atoms with Gasteiger partial charge < -0.3 is 4.90 Å². The van der Waals surface area contributed by atoms with Gasteiger partial charge in [-0.1, -0.05) is 26.0 Å². The Morgan fingerprint density at radius 3 is 2.53 bits per heavy atom. The quantitative estimate of drug-likeness (QED) is 0.719. The zero-order valence-corrected chi connectivity index (χ0v) is 9.63. The lowest BCUT2D eigenvalue weighted by molar-refractivity contribution is 0.307. The molecule has 1 nitrogen and oxygen atoms in total. The van der Waals surface area contributed by atoms with Gasteiger partial charge in [-0.15, -0.1) is 0 Å². The summed E-state index contributed by atoms with van der Waals surface area (Å²) >= 11 is 0. The fraction of sp³-hybridized carbons (Fsp3) is 0.538. The van der Waals surface area contributed by atoms with Crippen LogP contribution < -0.4 is 4.90 Å². The summed E-state index contributed by atoms with van der Waals surface area (Å²) in [6.45, 7) is 8.44. The Hall–Kier alpha value is -1.05. The van der Waals surface area contributed by atoms with Gasteiger partial charge in [-0.05, 0) is 30.4 Å². The van der Waals surface area contributed by atoms with Gasteiger partial charge in [0, 0.05) is 13.1 Å². The molecule has 1 aliphatic heterocycles. The van der Waals surface area contributed by atoms with E-state index in [1.54, 1.807) is 12.1 Å². The van der Waals surface area contributed by atoms with Gasteiger partial charge in [0.2, 0.25) is 0 Å². The molecule has 2 heteroatoms. The summed E-state index contributed by atoms with van der Waals surface area (Å²) in [5.74, 6) is 1.34. The maximum Gasteiger partial charge on any atom is 0.146 e. The van der Waals surface area contributed by atoms with E-state index >= 15 is 0 Å². The summed E-state index contributed by atoms with van der Waals surface area (Å²) in [6, 6.07) is 5.29. The van der Waals surface area contributed by atoms with Crippen molar-refractivity contribution in [2.24, 2.45) is 11.8 Å². The van der Waals surface area contributed by atoms with Crippen LogP contribution in [0, 0.1) is 24.6 Å². The highest BCUT2D eigenvalue weighted by molar-refractivity contribution is 5.56. The summed E-state index contributed by atoms with van der Waals surface area (Å²) in [5.41, 5.74) is 1.84. The lowest BCUT2D eigenvalue weighted by Gasteiger charge is -2.44. The monoisotopic (exact) mass is 207 g/mol. The Balaban J connectivity index is 2.13. The highest BCUT2D eigenvalue weighted by Crippen LogP contribution is 2.32. The first-order chi connectivity index (χ1) is 7.09. The molecule has 0 aromatic heterocycles. The van der Waals surface area contributed by atoms with Crippen LogP contribution in [0.15, 0.2) is 18.2 Å². The topological polar surface area (TPSA) is 3.24 Å². The van der Waals surface area contributed by atoms with E-state index < -0.39 is 0 Å². The third kappa shape index (κ3) is 1.85. The molecule has 0 spiro atoms. The van der Waals surface area contributed by atoms with Crippen LogP contribution in [-0.2, 0) is 0 Å². The number of benzene rings is 1. The van der Waals surface area contributed by atoms with Crippen LogP contribution in [0.4, 0.5) is 10.1 Å². The molecule has 0 amide bonds. The van der Waals surface area contributed by atoms with Crippen molar-refractivity contribution >= 4 is 5.69 Å². The van der Waals surface area contributed by atoms with Crippen LogP contribution in [0.2, 0.25) is 0 Å². The number of anilines is 1. The van der Waals surface area contributed by atoms with Crippen LogP contribution in [0.25, 0.3) is 0 Å². The Kier molecular flexibility index (Phi) is 2.68. The van der Waals surface area contributed by atoms with E-state index in [1.165, 1.54) is 0 Å². The smallest absolute Gasteiger partial charge is 0.146 e. The molecule has 15 heavy (non-hydrogen) atoms. The molecule has 82 valence electrons. The summed E-state index contributed by atoms with van der Waals surface area (Å²) in [5, 5.41) is 0. The van der Waals surface area contributed by atoms with Crippen molar-refractivity contribution in [3.63, 3.8) is 0 Å². The summed E-state index contributed by atoms with van der Waals surface area (Å²) < 4.78 is 13.6. The second-order valence-corrected chi connectivity index (χ2v) is 4.81. The predicted octanol–water partition coefficient (Wildman–Crippen LogP) is 3.23. The van der Waals surface area contributed by atoms with Crippen molar-refractivity contribution in [3.8, 4) is 0 Å². The Bertz CT molecular complexity index is 333. The third-order valence-electron chi connectivity index (χ3n) is 3.36. The maximum absolute atomic E-state index is 13.6. The van der Waals surface area contributed by atoms with Crippen molar-refractivity contribution in [1.29, 1.82) is 0 Å². The third-order valence-corrected chi connectivity index (χ3v) is 3.36. The minimum Gasteiger partial charge on any atom is -0.368 e. The van der Waals surface area contributed by atoms with E-state index in [-0.39, 0.29) is 5.82 Å². The molecule has 1 fully saturated rings. The van der Waals surface area contributed by atoms with E-state index in [1.807, 2.05) is 13.0 Å². The van der Waals surface area contributed by atoms with Crippen LogP contribution in [0.1, 0.15) is 19.4 Å². The predicted molar refractivity (Wildman–Crippen MR) is 61.7 cm³/mol. The molecule has 1 aromatic rings. The molecule has 0 saturated carbocycles. The van der Waals surface area contributed by atoms with Crippen molar-refractivity contribution in [2.75, 3.05) is 18.0 Å². The normalized spacial score (nSPS) is 17.0. The van der Waals surface area contributed by atoms with Crippen molar-refractivity contribution in [3.05, 3.63) is 29.6 Å². The number of nitrogens with zero attached hydrogens (tertiary/aromatic N) is 1. The first-order valence-corrected chi connectivity index (χ1v) is 5.59. The largest absolute Gasteiger partial charge is 0.368 e. The van der Waals surface area contributed by atoms with Gasteiger partial charge in [-0.25, -0.2) is 4.39 Å². The van der Waals surface area contributed by atoms with Gasteiger partial charge >= 0.3 is 0 Å². The van der Waals surface area contributed by atoms with Gasteiger partial charge in [0.1, 0.15) is 5.82 Å². The first-order valence-electron chi connectivity index (χ1n) is 5.59. The SMILES string of the molecule is Cc1cccc(F)c1N1CC(C(C)C)C1. The number of hydrogen-bond donors (Lipinski definition) is 0. The van der Waals surface area contributed by atoms with Crippen LogP contribution in [-0.4, -0.2) is 13.1 Å². The van der Waals surface area contributed by atoms with Crippen LogP contribution in [0.3, 0.4) is 0 Å². The zero-order valence-electron chi connectivity index (χ0n) is 9.63. The highest BCUT2D eigenvalue weighted by Gasteiger charge is 2.31. The molecule has 2 rings (SSSR count). The average Bonchev–Trinajstić information content (AvgIpc) is 2.06. The minimum atomic E-state index is -0.0859. The second-order valence-electron chi connectivity index (χ2n) is 4.81. The summed E-state index contributed by atoms with van der Waals surface area (Å²) in [7, 11) is 0. The fourth-order valence-electron chi connectivity index (χ4n) is 2.14. The van der Waals surface area contributed by atoms with Crippen LogP contribution in [0.5, 0.6) is 0 Å². The lowest BCUT2D eigenvalue weighted by atomic mass is 9.87. The Labute approximate surface area is 90.9 Å².